The first kappa shape index (κ1) is 12.3. The molecule has 0 aliphatic heterocycles. The van der Waals surface area contributed by atoms with Crippen molar-refractivity contribution in [2.24, 2.45) is 0 Å². The molecule has 0 saturated carbocycles. The topological polar surface area (TPSA) is 33.7 Å². The normalized spacial score (nSPS) is 10.1. The highest BCUT2D eigenvalue weighted by atomic mass is 79.9. The third kappa shape index (κ3) is 3.37. The Kier molecular flexibility index (Phi) is 5.45. The highest BCUT2D eigenvalue weighted by molar-refractivity contribution is 9.08. The number of hydrogen-bond donors (Lipinski definition) is 1. The van der Waals surface area contributed by atoms with Crippen LogP contribution in [0, 0.1) is 0 Å². The van der Waals surface area contributed by atoms with Gasteiger partial charge in [-0.25, -0.2) is 0 Å². The summed E-state index contributed by atoms with van der Waals surface area (Å²) in [5.74, 6) is 0.778. The first-order valence-corrected chi connectivity index (χ1v) is 5.63. The fourth-order valence-electron chi connectivity index (χ4n) is 1.17. The van der Waals surface area contributed by atoms with E-state index in [4.69, 9.17) is 9.57 Å². The van der Waals surface area contributed by atoms with Gasteiger partial charge in [0.15, 0.2) is 0 Å². The van der Waals surface area contributed by atoms with E-state index in [9.17, 15) is 0 Å². The molecule has 0 amide bonds. The van der Waals surface area contributed by atoms with E-state index in [1.54, 1.807) is 0 Å². The van der Waals surface area contributed by atoms with Crippen molar-refractivity contribution < 1.29 is 9.57 Å². The average molecular weight is 275 g/mol. The number of ether oxygens (including phenoxy) is 1. The Balaban J connectivity index is 2.88. The summed E-state index contributed by atoms with van der Waals surface area (Å²) in [5.41, 5.74) is 0.832. The number of hydrazine groups is 1. The molecule has 0 fully saturated rings. The first-order valence-electron chi connectivity index (χ1n) is 4.84. The van der Waals surface area contributed by atoms with Crippen LogP contribution in [0.5, 0.6) is 5.75 Å². The number of nitrogens with one attached hydrogen (secondary N) is 1. The maximum absolute atomic E-state index is 5.48. The quantitative estimate of drug-likeness (QED) is 0.639. The summed E-state index contributed by atoms with van der Waals surface area (Å²) in [5, 5.41) is 1.52. The number of rotatable bonds is 6. The molecule has 84 valence electrons. The fraction of sp³-hybridized carbons (Fsp3) is 0.400. The molecule has 0 aliphatic carbocycles. The van der Waals surface area contributed by atoms with E-state index >= 15 is 0 Å². The van der Waals surface area contributed by atoms with E-state index in [0.717, 1.165) is 11.4 Å². The molecule has 1 aromatic carbocycles. The molecule has 0 spiro atoms. The van der Waals surface area contributed by atoms with Gasteiger partial charge in [0.25, 0.3) is 0 Å². The Morgan fingerprint density at radius 3 is 2.60 bits per heavy atom. The predicted octanol–water partition coefficient (Wildman–Crippen LogP) is 2.66. The lowest BCUT2D eigenvalue weighted by atomic mass is 10.3. The van der Waals surface area contributed by atoms with Crippen LogP contribution in [-0.4, -0.2) is 13.2 Å². The van der Waals surface area contributed by atoms with Gasteiger partial charge in [0.2, 0.25) is 0 Å². The lowest BCUT2D eigenvalue weighted by Gasteiger charge is -2.22. The van der Waals surface area contributed by atoms with Gasteiger partial charge in [0.1, 0.15) is 11.4 Å². The number of hydrogen-bond acceptors (Lipinski definition) is 4. The minimum absolute atomic E-state index is 0.569. The molecule has 0 aromatic heterocycles. The Labute approximate surface area is 98.4 Å². The van der Waals surface area contributed by atoms with Crippen LogP contribution in [0.4, 0.5) is 5.69 Å². The minimum Gasteiger partial charge on any atom is -0.492 e. The number of halogens is 1. The molecular formula is C10H15BrN2O2. The van der Waals surface area contributed by atoms with E-state index in [1.807, 2.05) is 38.1 Å². The molecule has 0 atom stereocenters. The summed E-state index contributed by atoms with van der Waals surface area (Å²) in [6.07, 6.45) is 0. The van der Waals surface area contributed by atoms with Gasteiger partial charge >= 0.3 is 0 Å². The van der Waals surface area contributed by atoms with Gasteiger partial charge in [-0.05, 0) is 26.0 Å². The van der Waals surface area contributed by atoms with Gasteiger partial charge in [-0.2, -0.15) is 5.17 Å². The van der Waals surface area contributed by atoms with E-state index in [0.29, 0.717) is 13.2 Å². The second-order valence-corrected chi connectivity index (χ2v) is 3.05. The molecule has 15 heavy (non-hydrogen) atoms. The Hall–Kier alpha value is -0.780. The molecule has 1 N–H and O–H groups in total. The summed E-state index contributed by atoms with van der Waals surface area (Å²) in [6, 6.07) is 7.66. The number of nitrogens with zero attached hydrogens (tertiary/aromatic N) is 1. The summed E-state index contributed by atoms with van der Waals surface area (Å²) < 4.78 is 8.25. The molecule has 0 unspecified atom stereocenters. The maximum Gasteiger partial charge on any atom is 0.146 e. The molecule has 0 aliphatic rings. The van der Waals surface area contributed by atoms with Crippen molar-refractivity contribution in [3.05, 3.63) is 24.3 Å². The van der Waals surface area contributed by atoms with E-state index < -0.39 is 0 Å². The zero-order chi connectivity index (χ0) is 11.1. The number of para-hydroxylation sites is 2. The molecule has 0 bridgehead atoms. The van der Waals surface area contributed by atoms with Gasteiger partial charge in [-0.15, -0.1) is 4.45 Å². The monoisotopic (exact) mass is 274 g/mol. The zero-order valence-corrected chi connectivity index (χ0v) is 10.5. The third-order valence-corrected chi connectivity index (χ3v) is 2.04. The molecule has 1 rings (SSSR count). The third-order valence-electron chi connectivity index (χ3n) is 1.72. The van der Waals surface area contributed by atoms with Crippen molar-refractivity contribution in [1.82, 2.24) is 4.45 Å². The van der Waals surface area contributed by atoms with Crippen LogP contribution in [0.15, 0.2) is 24.3 Å². The predicted molar refractivity (Wildman–Crippen MR) is 63.8 cm³/mol. The molecule has 0 radical (unpaired) electrons. The Morgan fingerprint density at radius 1 is 1.27 bits per heavy atom. The van der Waals surface area contributed by atoms with E-state index in [1.165, 1.54) is 5.17 Å². The molecule has 0 saturated heterocycles. The van der Waals surface area contributed by atoms with Gasteiger partial charge in [-0.1, -0.05) is 12.1 Å². The highest BCUT2D eigenvalue weighted by Crippen LogP contribution is 2.27. The smallest absolute Gasteiger partial charge is 0.146 e. The van der Waals surface area contributed by atoms with Crippen molar-refractivity contribution in [1.29, 1.82) is 0 Å². The standard InChI is InChI=1S/C10H15BrN2O2/c1-3-14-10-8-6-5-7-9(10)13(12-11)15-4-2/h5-8,12H,3-4H2,1-2H3. The van der Waals surface area contributed by atoms with Crippen molar-refractivity contribution in [3.63, 3.8) is 0 Å². The molecule has 4 nitrogen and oxygen atoms in total. The van der Waals surface area contributed by atoms with Crippen LogP contribution in [0.3, 0.4) is 0 Å². The largest absolute Gasteiger partial charge is 0.492 e. The first-order chi connectivity index (χ1) is 7.33. The number of benzene rings is 1. The minimum atomic E-state index is 0.569. The van der Waals surface area contributed by atoms with E-state index in [2.05, 4.69) is 20.6 Å². The summed E-state index contributed by atoms with van der Waals surface area (Å²) in [6.45, 7) is 5.06. The number of anilines is 1. The summed E-state index contributed by atoms with van der Waals surface area (Å²) >= 11 is 3.13. The summed E-state index contributed by atoms with van der Waals surface area (Å²) in [7, 11) is 0. The average Bonchev–Trinajstić information content (AvgIpc) is 2.27. The fourth-order valence-corrected chi connectivity index (χ4v) is 1.46. The molecule has 1 aromatic rings. The van der Waals surface area contributed by atoms with Gasteiger partial charge < -0.3 is 4.74 Å². The Bertz CT molecular complexity index is 297. The molecular weight excluding hydrogens is 260 g/mol. The van der Waals surface area contributed by atoms with Crippen LogP contribution in [-0.2, 0) is 4.84 Å². The lowest BCUT2D eigenvalue weighted by Crippen LogP contribution is -2.31. The maximum atomic E-state index is 5.48. The van der Waals surface area contributed by atoms with E-state index in [-0.39, 0.29) is 0 Å². The second-order valence-electron chi connectivity index (χ2n) is 2.70. The second kappa shape index (κ2) is 6.66. The molecule has 5 heteroatoms. The lowest BCUT2D eigenvalue weighted by molar-refractivity contribution is 0.111. The van der Waals surface area contributed by atoms with Gasteiger partial charge in [-0.3, -0.25) is 4.84 Å². The van der Waals surface area contributed by atoms with Crippen molar-refractivity contribution in [2.45, 2.75) is 13.8 Å². The molecule has 0 heterocycles. The van der Waals surface area contributed by atoms with Crippen molar-refractivity contribution in [2.75, 3.05) is 18.4 Å². The van der Waals surface area contributed by atoms with Crippen LogP contribution >= 0.6 is 16.1 Å². The van der Waals surface area contributed by atoms with Gasteiger partial charge in [0, 0.05) is 16.1 Å². The van der Waals surface area contributed by atoms with Crippen molar-refractivity contribution in [3.8, 4) is 5.75 Å². The van der Waals surface area contributed by atoms with Crippen LogP contribution in [0.25, 0.3) is 0 Å². The summed E-state index contributed by atoms with van der Waals surface area (Å²) in [4.78, 5) is 5.36. The zero-order valence-electron chi connectivity index (χ0n) is 8.87. The van der Waals surface area contributed by atoms with Crippen LogP contribution in [0.2, 0.25) is 0 Å². The SMILES string of the molecule is CCOc1ccccc1N(NBr)OCC. The van der Waals surface area contributed by atoms with Gasteiger partial charge in [0.05, 0.1) is 13.2 Å². The van der Waals surface area contributed by atoms with Crippen LogP contribution in [0.1, 0.15) is 13.8 Å². The van der Waals surface area contributed by atoms with Crippen molar-refractivity contribution >= 4 is 21.8 Å². The Morgan fingerprint density at radius 2 is 2.00 bits per heavy atom. The highest BCUT2D eigenvalue weighted by Gasteiger charge is 2.10. The van der Waals surface area contributed by atoms with Crippen LogP contribution < -0.4 is 14.4 Å².